The second-order valence-corrected chi connectivity index (χ2v) is 15.7. The highest BCUT2D eigenvalue weighted by Crippen LogP contribution is 2.51. The quantitative estimate of drug-likeness (QED) is 0.177. The van der Waals surface area contributed by atoms with Crippen LogP contribution < -0.4 is 0 Å². The predicted molar refractivity (Wildman–Crippen MR) is 225 cm³/mol. The molecule has 11 rings (SSSR count). The van der Waals surface area contributed by atoms with Gasteiger partial charge in [-0.15, -0.1) is 11.3 Å². The standard InChI is InChI=1S/C49H32N4OS/c1-49(2)39-26-33(24-25-34(39)38-27-41-42(28-40(38)49)54-48(50-41)32-14-7-4-8-15-32)46-51-45(31-22-20-30(21-23-31)29-12-5-3-6-13-29)52-47(53-46)37-18-11-17-36-35-16-9-10-19-43(35)55-44(36)37/h3-28H,1-2H3. The Morgan fingerprint density at radius 3 is 1.87 bits per heavy atom. The largest absolute Gasteiger partial charge is 0.436 e. The van der Waals surface area contributed by atoms with Crippen LogP contribution in [0.4, 0.5) is 0 Å². The number of oxazole rings is 1. The molecular weight excluding hydrogens is 693 g/mol. The Labute approximate surface area is 321 Å². The molecule has 260 valence electrons. The van der Waals surface area contributed by atoms with Crippen LogP contribution in [0.1, 0.15) is 25.0 Å². The van der Waals surface area contributed by atoms with Gasteiger partial charge in [0.2, 0.25) is 5.89 Å². The number of benzene rings is 7. The molecule has 3 heterocycles. The van der Waals surface area contributed by atoms with Crippen LogP contribution in [0.5, 0.6) is 0 Å². The fourth-order valence-electron chi connectivity index (χ4n) is 8.12. The van der Waals surface area contributed by atoms with Crippen molar-refractivity contribution in [1.82, 2.24) is 19.9 Å². The fourth-order valence-corrected chi connectivity index (χ4v) is 9.33. The van der Waals surface area contributed by atoms with Crippen molar-refractivity contribution < 1.29 is 4.42 Å². The highest BCUT2D eigenvalue weighted by Gasteiger charge is 2.37. The highest BCUT2D eigenvalue weighted by atomic mass is 32.1. The van der Waals surface area contributed by atoms with Gasteiger partial charge in [0.25, 0.3) is 0 Å². The molecule has 1 aliphatic carbocycles. The van der Waals surface area contributed by atoms with Crippen molar-refractivity contribution in [3.63, 3.8) is 0 Å². The van der Waals surface area contributed by atoms with Crippen LogP contribution in [0.15, 0.2) is 162 Å². The molecule has 5 nitrogen and oxygen atoms in total. The van der Waals surface area contributed by atoms with Gasteiger partial charge >= 0.3 is 0 Å². The Morgan fingerprint density at radius 1 is 0.455 bits per heavy atom. The first-order chi connectivity index (χ1) is 27.0. The average molecular weight is 725 g/mol. The summed E-state index contributed by atoms with van der Waals surface area (Å²) < 4.78 is 8.74. The van der Waals surface area contributed by atoms with Crippen LogP contribution in [-0.4, -0.2) is 19.9 Å². The van der Waals surface area contributed by atoms with Crippen LogP contribution in [-0.2, 0) is 5.41 Å². The van der Waals surface area contributed by atoms with Gasteiger partial charge in [-0.2, -0.15) is 0 Å². The summed E-state index contributed by atoms with van der Waals surface area (Å²) in [4.78, 5) is 20.5. The minimum Gasteiger partial charge on any atom is -0.436 e. The van der Waals surface area contributed by atoms with E-state index in [9.17, 15) is 0 Å². The van der Waals surface area contributed by atoms with Gasteiger partial charge in [-0.05, 0) is 75.8 Å². The minimum atomic E-state index is -0.288. The lowest BCUT2D eigenvalue weighted by molar-refractivity contribution is 0.614. The molecule has 0 N–H and O–H groups in total. The molecule has 3 aromatic heterocycles. The highest BCUT2D eigenvalue weighted by molar-refractivity contribution is 7.26. The second kappa shape index (κ2) is 12.1. The second-order valence-electron chi connectivity index (χ2n) is 14.7. The number of aromatic nitrogens is 4. The van der Waals surface area contributed by atoms with E-state index in [1.807, 2.05) is 36.4 Å². The summed E-state index contributed by atoms with van der Waals surface area (Å²) in [6, 6.07) is 55.0. The van der Waals surface area contributed by atoms with Crippen molar-refractivity contribution >= 4 is 42.6 Å². The number of hydrogen-bond acceptors (Lipinski definition) is 6. The van der Waals surface area contributed by atoms with E-state index >= 15 is 0 Å². The average Bonchev–Trinajstić information content (AvgIpc) is 3.90. The van der Waals surface area contributed by atoms with Crippen molar-refractivity contribution in [2.75, 3.05) is 0 Å². The van der Waals surface area contributed by atoms with Crippen molar-refractivity contribution in [1.29, 1.82) is 0 Å². The summed E-state index contributed by atoms with van der Waals surface area (Å²) in [5.41, 5.74) is 12.3. The van der Waals surface area contributed by atoms with Crippen molar-refractivity contribution in [3.8, 4) is 67.9 Å². The van der Waals surface area contributed by atoms with Crippen LogP contribution in [0.2, 0.25) is 0 Å². The summed E-state index contributed by atoms with van der Waals surface area (Å²) in [7, 11) is 0. The Morgan fingerprint density at radius 2 is 1.07 bits per heavy atom. The van der Waals surface area contributed by atoms with Crippen LogP contribution >= 0.6 is 11.3 Å². The van der Waals surface area contributed by atoms with E-state index in [1.165, 1.54) is 48.0 Å². The Hall–Kier alpha value is -6.76. The SMILES string of the molecule is CC1(C)c2cc(-c3nc(-c4ccc(-c5ccccc5)cc4)nc(-c4cccc5c4sc4ccccc45)n3)ccc2-c2cc3nc(-c4ccccc4)oc3cc21. The number of nitrogens with zero attached hydrogens (tertiary/aromatic N) is 4. The molecule has 0 fully saturated rings. The predicted octanol–water partition coefficient (Wildman–Crippen LogP) is 13.0. The van der Waals surface area contributed by atoms with E-state index in [1.54, 1.807) is 11.3 Å². The van der Waals surface area contributed by atoms with Gasteiger partial charge in [-0.25, -0.2) is 19.9 Å². The van der Waals surface area contributed by atoms with E-state index in [0.717, 1.165) is 38.9 Å². The lowest BCUT2D eigenvalue weighted by atomic mass is 9.82. The zero-order valence-corrected chi connectivity index (χ0v) is 30.9. The van der Waals surface area contributed by atoms with Crippen molar-refractivity contribution in [2.24, 2.45) is 0 Å². The third kappa shape index (κ3) is 5.13. The molecule has 0 spiro atoms. The summed E-state index contributed by atoms with van der Waals surface area (Å²) in [5.74, 6) is 2.58. The number of rotatable bonds is 5. The molecule has 6 heteroatoms. The third-order valence-electron chi connectivity index (χ3n) is 11.0. The summed E-state index contributed by atoms with van der Waals surface area (Å²) in [6.45, 7) is 4.56. The molecule has 0 atom stereocenters. The summed E-state index contributed by atoms with van der Waals surface area (Å²) in [6.07, 6.45) is 0. The van der Waals surface area contributed by atoms with Crippen LogP contribution in [0, 0.1) is 0 Å². The summed E-state index contributed by atoms with van der Waals surface area (Å²) >= 11 is 1.78. The molecule has 1 aliphatic rings. The van der Waals surface area contributed by atoms with Crippen molar-refractivity contribution in [2.45, 2.75) is 19.3 Å². The lowest BCUT2D eigenvalue weighted by Gasteiger charge is -2.21. The molecule has 0 unspecified atom stereocenters. The van der Waals surface area contributed by atoms with Gasteiger partial charge < -0.3 is 4.42 Å². The van der Waals surface area contributed by atoms with Gasteiger partial charge in [0.1, 0.15) is 5.52 Å². The maximum atomic E-state index is 6.32. The Kier molecular flexibility index (Phi) is 7.00. The molecule has 0 amide bonds. The van der Waals surface area contributed by atoms with Gasteiger partial charge in [-0.3, -0.25) is 0 Å². The smallest absolute Gasteiger partial charge is 0.227 e. The molecule has 0 saturated carbocycles. The van der Waals surface area contributed by atoms with E-state index < -0.39 is 0 Å². The van der Waals surface area contributed by atoms with Gasteiger partial charge in [0.05, 0.1) is 0 Å². The van der Waals surface area contributed by atoms with Gasteiger partial charge in [0.15, 0.2) is 23.1 Å². The van der Waals surface area contributed by atoms with Gasteiger partial charge in [-0.1, -0.05) is 129 Å². The minimum absolute atomic E-state index is 0.288. The number of hydrogen-bond donors (Lipinski definition) is 0. The van der Waals surface area contributed by atoms with Gasteiger partial charge in [0, 0.05) is 47.8 Å². The molecule has 0 bridgehead atoms. The third-order valence-corrected chi connectivity index (χ3v) is 12.2. The number of fused-ring (bicyclic) bond motifs is 7. The molecule has 0 radical (unpaired) electrons. The molecule has 10 aromatic rings. The first kappa shape index (κ1) is 31.7. The molecule has 0 aliphatic heterocycles. The normalized spacial score (nSPS) is 13.1. The lowest BCUT2D eigenvalue weighted by Crippen LogP contribution is -2.15. The first-order valence-electron chi connectivity index (χ1n) is 18.5. The fraction of sp³-hybridized carbons (Fsp3) is 0.0612. The van der Waals surface area contributed by atoms with E-state index in [4.69, 9.17) is 24.4 Å². The van der Waals surface area contributed by atoms with E-state index in [0.29, 0.717) is 23.4 Å². The Balaban J connectivity index is 1.06. The zero-order chi connectivity index (χ0) is 36.7. The number of thiophene rings is 1. The van der Waals surface area contributed by atoms with E-state index in [2.05, 4.69) is 135 Å². The molecule has 0 saturated heterocycles. The first-order valence-corrected chi connectivity index (χ1v) is 19.3. The molecular formula is C49H32N4OS. The maximum absolute atomic E-state index is 6.32. The van der Waals surface area contributed by atoms with Crippen LogP contribution in [0.25, 0.3) is 99.1 Å². The zero-order valence-electron chi connectivity index (χ0n) is 30.1. The Bertz CT molecular complexity index is 3110. The molecule has 55 heavy (non-hydrogen) atoms. The van der Waals surface area contributed by atoms with Crippen LogP contribution in [0.3, 0.4) is 0 Å². The monoisotopic (exact) mass is 724 g/mol. The van der Waals surface area contributed by atoms with E-state index in [-0.39, 0.29) is 5.41 Å². The maximum Gasteiger partial charge on any atom is 0.227 e. The topological polar surface area (TPSA) is 64.7 Å². The molecule has 7 aromatic carbocycles. The summed E-state index contributed by atoms with van der Waals surface area (Å²) in [5, 5.41) is 2.45. The van der Waals surface area contributed by atoms with Crippen molar-refractivity contribution in [3.05, 3.63) is 169 Å².